The number of carbonyl (C=O) groups excluding carboxylic acids is 1. The van der Waals surface area contributed by atoms with Gasteiger partial charge in [0.05, 0.1) is 18.4 Å². The van der Waals surface area contributed by atoms with Crippen LogP contribution in [0.15, 0.2) is 9.95 Å². The van der Waals surface area contributed by atoms with Crippen LogP contribution in [0.1, 0.15) is 33.6 Å². The first-order valence-corrected chi connectivity index (χ1v) is 8.04. The summed E-state index contributed by atoms with van der Waals surface area (Å²) in [6.45, 7) is 7.01. The van der Waals surface area contributed by atoms with E-state index in [-0.39, 0.29) is 29.0 Å². The lowest BCUT2D eigenvalue weighted by atomic mass is 10.1. The van der Waals surface area contributed by atoms with E-state index in [9.17, 15) is 9.59 Å². The standard InChI is InChI=1S/C13H22N4O3S/c1-13(2,3)14-10(18)8-21-12-16-15-11(19)17(12)7-9-5-4-6-20-9/h9H,4-8H2,1-3H3,(H,14,18)(H,15,19)/t9-/m0/s1. The molecule has 0 unspecified atom stereocenters. The number of hydrogen-bond donors (Lipinski definition) is 2. The Morgan fingerprint density at radius 2 is 2.33 bits per heavy atom. The predicted molar refractivity (Wildman–Crippen MR) is 80.4 cm³/mol. The summed E-state index contributed by atoms with van der Waals surface area (Å²) in [5, 5.41) is 9.82. The number of H-pyrrole nitrogens is 1. The number of carbonyl (C=O) groups is 1. The third-order valence-corrected chi connectivity index (χ3v) is 3.96. The molecular weight excluding hydrogens is 292 g/mol. The fourth-order valence-corrected chi connectivity index (χ4v) is 2.91. The second kappa shape index (κ2) is 6.65. The molecule has 1 amide bonds. The van der Waals surface area contributed by atoms with Gasteiger partial charge in [0.2, 0.25) is 5.91 Å². The Morgan fingerprint density at radius 1 is 1.57 bits per heavy atom. The van der Waals surface area contributed by atoms with Crippen LogP contribution in [0.2, 0.25) is 0 Å². The highest BCUT2D eigenvalue weighted by Gasteiger charge is 2.20. The summed E-state index contributed by atoms with van der Waals surface area (Å²) in [7, 11) is 0. The molecule has 0 aliphatic carbocycles. The van der Waals surface area contributed by atoms with E-state index < -0.39 is 0 Å². The predicted octanol–water partition coefficient (Wildman–Crippen LogP) is 0.757. The average Bonchev–Trinajstić information content (AvgIpc) is 2.97. The van der Waals surface area contributed by atoms with Crippen molar-refractivity contribution in [1.82, 2.24) is 20.1 Å². The average molecular weight is 314 g/mol. The number of aromatic amines is 1. The van der Waals surface area contributed by atoms with Gasteiger partial charge in [-0.1, -0.05) is 11.8 Å². The topological polar surface area (TPSA) is 89.0 Å². The van der Waals surface area contributed by atoms with Crippen LogP contribution in [0, 0.1) is 0 Å². The molecule has 7 nitrogen and oxygen atoms in total. The second-order valence-corrected chi connectivity index (χ2v) is 7.09. The van der Waals surface area contributed by atoms with E-state index in [4.69, 9.17) is 4.74 Å². The van der Waals surface area contributed by atoms with E-state index in [1.54, 1.807) is 4.57 Å². The fraction of sp³-hybridized carbons (Fsp3) is 0.769. The monoisotopic (exact) mass is 314 g/mol. The smallest absolute Gasteiger partial charge is 0.344 e. The lowest BCUT2D eigenvalue weighted by Crippen LogP contribution is -2.41. The molecule has 1 aromatic heterocycles. The maximum Gasteiger partial charge on any atom is 0.344 e. The van der Waals surface area contributed by atoms with Crippen LogP contribution in [-0.4, -0.2) is 44.7 Å². The molecule has 2 heterocycles. The van der Waals surface area contributed by atoms with Crippen molar-refractivity contribution in [3.8, 4) is 0 Å². The summed E-state index contributed by atoms with van der Waals surface area (Å²) >= 11 is 1.25. The molecule has 0 aromatic carbocycles. The third kappa shape index (κ3) is 4.89. The van der Waals surface area contributed by atoms with E-state index in [0.29, 0.717) is 11.7 Å². The van der Waals surface area contributed by atoms with Gasteiger partial charge >= 0.3 is 5.69 Å². The number of thioether (sulfide) groups is 1. The van der Waals surface area contributed by atoms with Crippen LogP contribution in [0.5, 0.6) is 0 Å². The van der Waals surface area contributed by atoms with Gasteiger partial charge in [-0.25, -0.2) is 9.89 Å². The van der Waals surface area contributed by atoms with Crippen molar-refractivity contribution in [1.29, 1.82) is 0 Å². The molecule has 1 fully saturated rings. The van der Waals surface area contributed by atoms with E-state index in [2.05, 4.69) is 15.5 Å². The van der Waals surface area contributed by atoms with E-state index in [1.165, 1.54) is 11.8 Å². The number of amides is 1. The van der Waals surface area contributed by atoms with E-state index >= 15 is 0 Å². The quantitative estimate of drug-likeness (QED) is 0.783. The molecule has 1 saturated heterocycles. The minimum Gasteiger partial charge on any atom is -0.376 e. The molecule has 8 heteroatoms. The van der Waals surface area contributed by atoms with Crippen molar-refractivity contribution in [3.63, 3.8) is 0 Å². The molecular formula is C13H22N4O3S. The Hall–Kier alpha value is -1.28. The maximum atomic E-state index is 11.8. The van der Waals surface area contributed by atoms with Crippen molar-refractivity contribution in [2.45, 2.75) is 57.0 Å². The molecule has 0 radical (unpaired) electrons. The molecule has 2 rings (SSSR count). The molecule has 1 aliphatic rings. The van der Waals surface area contributed by atoms with Crippen LogP contribution < -0.4 is 11.0 Å². The maximum absolute atomic E-state index is 11.8. The highest BCUT2D eigenvalue weighted by atomic mass is 32.2. The first-order valence-electron chi connectivity index (χ1n) is 7.06. The summed E-state index contributed by atoms with van der Waals surface area (Å²) < 4.78 is 7.08. The van der Waals surface area contributed by atoms with Crippen LogP contribution in [0.3, 0.4) is 0 Å². The van der Waals surface area contributed by atoms with Gasteiger partial charge in [0.25, 0.3) is 0 Å². The Labute approximate surface area is 127 Å². The highest BCUT2D eigenvalue weighted by Crippen LogP contribution is 2.18. The zero-order chi connectivity index (χ0) is 15.5. The molecule has 118 valence electrons. The zero-order valence-corrected chi connectivity index (χ0v) is 13.5. The molecule has 2 N–H and O–H groups in total. The second-order valence-electron chi connectivity index (χ2n) is 6.14. The minimum absolute atomic E-state index is 0.0584. The summed E-state index contributed by atoms with van der Waals surface area (Å²) in [5.41, 5.74) is -0.523. The number of nitrogens with zero attached hydrogens (tertiary/aromatic N) is 2. The van der Waals surface area contributed by atoms with Crippen LogP contribution >= 0.6 is 11.8 Å². The van der Waals surface area contributed by atoms with Gasteiger partial charge in [-0.3, -0.25) is 9.36 Å². The number of aromatic nitrogens is 3. The first-order chi connectivity index (χ1) is 9.85. The Kier molecular flexibility index (Phi) is 5.10. The zero-order valence-electron chi connectivity index (χ0n) is 12.6. The fourth-order valence-electron chi connectivity index (χ4n) is 2.15. The third-order valence-electron chi connectivity index (χ3n) is 2.98. The van der Waals surface area contributed by atoms with Gasteiger partial charge in [0.15, 0.2) is 5.16 Å². The van der Waals surface area contributed by atoms with Crippen LogP contribution in [-0.2, 0) is 16.1 Å². The molecule has 21 heavy (non-hydrogen) atoms. The van der Waals surface area contributed by atoms with Crippen molar-refractivity contribution < 1.29 is 9.53 Å². The Bertz CT molecular complexity index is 540. The van der Waals surface area contributed by atoms with Crippen LogP contribution in [0.4, 0.5) is 0 Å². The SMILES string of the molecule is CC(C)(C)NC(=O)CSc1n[nH]c(=O)n1C[C@@H]1CCCO1. The van der Waals surface area contributed by atoms with E-state index in [1.807, 2.05) is 20.8 Å². The molecule has 0 spiro atoms. The normalized spacial score (nSPS) is 18.9. The minimum atomic E-state index is -0.263. The molecule has 1 aliphatic heterocycles. The Balaban J connectivity index is 1.94. The van der Waals surface area contributed by atoms with E-state index in [0.717, 1.165) is 19.4 Å². The highest BCUT2D eigenvalue weighted by molar-refractivity contribution is 7.99. The lowest BCUT2D eigenvalue weighted by molar-refractivity contribution is -0.119. The van der Waals surface area contributed by atoms with Crippen molar-refractivity contribution in [3.05, 3.63) is 10.5 Å². The summed E-state index contributed by atoms with van der Waals surface area (Å²) in [6.07, 6.45) is 2.03. The molecule has 1 atom stereocenters. The van der Waals surface area contributed by atoms with Gasteiger partial charge < -0.3 is 10.1 Å². The number of ether oxygens (including phenoxy) is 1. The van der Waals surface area contributed by atoms with Crippen molar-refractivity contribution in [2.24, 2.45) is 0 Å². The van der Waals surface area contributed by atoms with Crippen LogP contribution in [0.25, 0.3) is 0 Å². The molecule has 0 bridgehead atoms. The molecule has 0 saturated carbocycles. The molecule has 1 aromatic rings. The van der Waals surface area contributed by atoms with Gasteiger partial charge in [0, 0.05) is 12.1 Å². The Morgan fingerprint density at radius 3 is 2.95 bits per heavy atom. The van der Waals surface area contributed by atoms with Crippen molar-refractivity contribution >= 4 is 17.7 Å². The van der Waals surface area contributed by atoms with Crippen molar-refractivity contribution in [2.75, 3.05) is 12.4 Å². The summed E-state index contributed by atoms with van der Waals surface area (Å²) in [4.78, 5) is 23.6. The number of hydrogen-bond acceptors (Lipinski definition) is 5. The van der Waals surface area contributed by atoms with Gasteiger partial charge in [-0.05, 0) is 33.6 Å². The number of rotatable bonds is 5. The number of nitrogens with one attached hydrogen (secondary N) is 2. The largest absolute Gasteiger partial charge is 0.376 e. The summed E-state index contributed by atoms with van der Waals surface area (Å²) in [5.74, 6) is 0.152. The van der Waals surface area contributed by atoms with Gasteiger partial charge in [0.1, 0.15) is 0 Å². The first kappa shape index (κ1) is 16.1. The van der Waals surface area contributed by atoms with Gasteiger partial charge in [-0.2, -0.15) is 0 Å². The van der Waals surface area contributed by atoms with Gasteiger partial charge in [-0.15, -0.1) is 5.10 Å². The lowest BCUT2D eigenvalue weighted by Gasteiger charge is -2.20. The summed E-state index contributed by atoms with van der Waals surface area (Å²) in [6, 6.07) is 0.